The molecule has 0 N–H and O–H groups in total. The van der Waals surface area contributed by atoms with E-state index in [4.69, 9.17) is 9.47 Å². The number of nitrogens with zero attached hydrogens (tertiary/aromatic N) is 3. The Hall–Kier alpha value is -3.32. The third-order valence-corrected chi connectivity index (χ3v) is 5.70. The lowest BCUT2D eigenvalue weighted by Crippen LogP contribution is -2.28. The Kier molecular flexibility index (Phi) is 5.22. The smallest absolute Gasteiger partial charge is 0.232 e. The van der Waals surface area contributed by atoms with Gasteiger partial charge in [0.2, 0.25) is 5.91 Å². The van der Waals surface area contributed by atoms with Gasteiger partial charge in [0.25, 0.3) is 0 Å². The van der Waals surface area contributed by atoms with Crippen LogP contribution in [0.25, 0.3) is 16.2 Å². The van der Waals surface area contributed by atoms with Gasteiger partial charge < -0.3 is 14.4 Å². The highest BCUT2D eigenvalue weighted by atomic mass is 32.1. The summed E-state index contributed by atoms with van der Waals surface area (Å²) in [5.74, 6) is 1.19. The molecule has 7 heteroatoms. The van der Waals surface area contributed by atoms with Crippen molar-refractivity contribution in [1.29, 1.82) is 0 Å². The SMILES string of the molecule is COc1ccc(N(C)C(=O)Cc2csc3nc(-c4ccccc4)cn23)cc1OC. The maximum atomic E-state index is 12.9. The molecule has 0 spiro atoms. The van der Waals surface area contributed by atoms with Crippen LogP contribution >= 0.6 is 11.3 Å². The first kappa shape index (κ1) is 19.0. The number of amides is 1. The lowest BCUT2D eigenvalue weighted by atomic mass is 10.2. The van der Waals surface area contributed by atoms with Crippen LogP contribution in [0.15, 0.2) is 60.1 Å². The van der Waals surface area contributed by atoms with E-state index in [1.54, 1.807) is 38.3 Å². The molecule has 4 aromatic rings. The standard InChI is InChI=1S/C22H21N3O3S/c1-24(16-9-10-19(27-2)20(11-16)28-3)21(26)12-17-14-29-22-23-18(13-25(17)22)15-7-5-4-6-8-15/h4-11,13-14H,12H2,1-3H3. The van der Waals surface area contributed by atoms with E-state index >= 15 is 0 Å². The van der Waals surface area contributed by atoms with Crippen LogP contribution in [0.5, 0.6) is 11.5 Å². The van der Waals surface area contributed by atoms with Crippen LogP contribution in [-0.2, 0) is 11.2 Å². The van der Waals surface area contributed by atoms with Crippen molar-refractivity contribution in [2.45, 2.75) is 6.42 Å². The predicted octanol–water partition coefficient (Wildman–Crippen LogP) is 4.29. The fraction of sp³-hybridized carbons (Fsp3) is 0.182. The molecule has 29 heavy (non-hydrogen) atoms. The van der Waals surface area contributed by atoms with E-state index in [1.165, 1.54) is 11.3 Å². The number of carbonyl (C=O) groups excluding carboxylic acids is 1. The van der Waals surface area contributed by atoms with Crippen molar-refractivity contribution >= 4 is 27.9 Å². The number of fused-ring (bicyclic) bond motifs is 1. The van der Waals surface area contributed by atoms with E-state index in [1.807, 2.05) is 52.4 Å². The molecule has 0 fully saturated rings. The van der Waals surface area contributed by atoms with Gasteiger partial charge in [-0.2, -0.15) is 0 Å². The molecule has 0 unspecified atom stereocenters. The zero-order valence-corrected chi connectivity index (χ0v) is 17.3. The van der Waals surface area contributed by atoms with Gasteiger partial charge in [-0.05, 0) is 12.1 Å². The second-order valence-corrected chi connectivity index (χ2v) is 7.38. The Morgan fingerprint density at radius 2 is 1.86 bits per heavy atom. The zero-order chi connectivity index (χ0) is 20.4. The van der Waals surface area contributed by atoms with Crippen molar-refractivity contribution in [2.24, 2.45) is 0 Å². The molecule has 2 heterocycles. The van der Waals surface area contributed by atoms with Gasteiger partial charge >= 0.3 is 0 Å². The number of ether oxygens (including phenoxy) is 2. The number of carbonyl (C=O) groups is 1. The number of aromatic nitrogens is 2. The van der Waals surface area contributed by atoms with Crippen molar-refractivity contribution in [3.8, 4) is 22.8 Å². The summed E-state index contributed by atoms with van der Waals surface area (Å²) in [6.45, 7) is 0. The third-order valence-electron chi connectivity index (χ3n) is 4.81. The summed E-state index contributed by atoms with van der Waals surface area (Å²) in [6.07, 6.45) is 2.26. The molecule has 0 radical (unpaired) electrons. The number of thiazole rings is 1. The summed E-state index contributed by atoms with van der Waals surface area (Å²) < 4.78 is 12.6. The maximum absolute atomic E-state index is 12.9. The first-order chi connectivity index (χ1) is 14.1. The Balaban J connectivity index is 1.56. The lowest BCUT2D eigenvalue weighted by molar-refractivity contribution is -0.117. The largest absolute Gasteiger partial charge is 0.493 e. The molecule has 148 valence electrons. The molecule has 2 aromatic carbocycles. The summed E-state index contributed by atoms with van der Waals surface area (Å²) >= 11 is 1.53. The van der Waals surface area contributed by atoms with Crippen LogP contribution in [0.1, 0.15) is 5.69 Å². The molecule has 0 atom stereocenters. The van der Waals surface area contributed by atoms with Crippen LogP contribution in [0.4, 0.5) is 5.69 Å². The number of methoxy groups -OCH3 is 2. The summed E-state index contributed by atoms with van der Waals surface area (Å²) in [7, 11) is 4.93. The van der Waals surface area contributed by atoms with Crippen molar-refractivity contribution in [2.75, 3.05) is 26.2 Å². The van der Waals surface area contributed by atoms with Crippen LogP contribution in [0, 0.1) is 0 Å². The van der Waals surface area contributed by atoms with Crippen LogP contribution in [0.2, 0.25) is 0 Å². The van der Waals surface area contributed by atoms with Crippen molar-refractivity contribution in [3.05, 3.63) is 65.8 Å². The van der Waals surface area contributed by atoms with Gasteiger partial charge in [-0.1, -0.05) is 30.3 Å². The van der Waals surface area contributed by atoms with Crippen LogP contribution < -0.4 is 14.4 Å². The fourth-order valence-electron chi connectivity index (χ4n) is 3.16. The summed E-state index contributed by atoms with van der Waals surface area (Å²) in [5, 5.41) is 1.98. The van der Waals surface area contributed by atoms with Gasteiger partial charge in [0.05, 0.1) is 26.3 Å². The number of likely N-dealkylation sites (N-methyl/N-ethyl adjacent to an activating group) is 1. The number of anilines is 1. The molecule has 0 aliphatic carbocycles. The second-order valence-electron chi connectivity index (χ2n) is 6.54. The minimum absolute atomic E-state index is 0.0214. The first-order valence-electron chi connectivity index (χ1n) is 9.10. The summed E-state index contributed by atoms with van der Waals surface area (Å²) in [6, 6.07) is 15.5. The highest BCUT2D eigenvalue weighted by Crippen LogP contribution is 2.31. The third kappa shape index (κ3) is 3.69. The van der Waals surface area contributed by atoms with E-state index in [0.29, 0.717) is 11.5 Å². The number of hydrogen-bond acceptors (Lipinski definition) is 5. The van der Waals surface area contributed by atoms with E-state index < -0.39 is 0 Å². The van der Waals surface area contributed by atoms with Gasteiger partial charge in [0.1, 0.15) is 0 Å². The molecule has 0 aliphatic rings. The second kappa shape index (κ2) is 7.97. The van der Waals surface area contributed by atoms with Crippen molar-refractivity contribution < 1.29 is 14.3 Å². The highest BCUT2D eigenvalue weighted by Gasteiger charge is 2.17. The lowest BCUT2D eigenvalue weighted by Gasteiger charge is -2.19. The Morgan fingerprint density at radius 3 is 2.59 bits per heavy atom. The monoisotopic (exact) mass is 407 g/mol. The van der Waals surface area contributed by atoms with Gasteiger partial charge in [-0.15, -0.1) is 11.3 Å². The molecular formula is C22H21N3O3S. The zero-order valence-electron chi connectivity index (χ0n) is 16.5. The van der Waals surface area contributed by atoms with Crippen LogP contribution in [0.3, 0.4) is 0 Å². The van der Waals surface area contributed by atoms with E-state index in [-0.39, 0.29) is 12.3 Å². The van der Waals surface area contributed by atoms with E-state index in [0.717, 1.165) is 27.6 Å². The molecular weight excluding hydrogens is 386 g/mol. The van der Waals surface area contributed by atoms with Crippen LogP contribution in [-0.4, -0.2) is 36.6 Å². The first-order valence-corrected chi connectivity index (χ1v) is 9.98. The average Bonchev–Trinajstić information content (AvgIpc) is 3.35. The molecule has 0 bridgehead atoms. The summed E-state index contributed by atoms with van der Waals surface area (Å²) in [5.41, 5.74) is 3.62. The van der Waals surface area contributed by atoms with Crippen molar-refractivity contribution in [1.82, 2.24) is 9.38 Å². The molecule has 2 aromatic heterocycles. The number of benzene rings is 2. The van der Waals surface area contributed by atoms with Gasteiger partial charge in [-0.3, -0.25) is 9.20 Å². The van der Waals surface area contributed by atoms with Gasteiger partial charge in [0.15, 0.2) is 16.5 Å². The molecule has 4 rings (SSSR count). The van der Waals surface area contributed by atoms with E-state index in [2.05, 4.69) is 4.98 Å². The van der Waals surface area contributed by atoms with Crippen molar-refractivity contribution in [3.63, 3.8) is 0 Å². The highest BCUT2D eigenvalue weighted by molar-refractivity contribution is 7.15. The molecule has 1 amide bonds. The molecule has 0 saturated heterocycles. The molecule has 6 nitrogen and oxygen atoms in total. The average molecular weight is 407 g/mol. The Labute approximate surface area is 172 Å². The predicted molar refractivity (Wildman–Crippen MR) is 115 cm³/mol. The quantitative estimate of drug-likeness (QED) is 0.479. The molecule has 0 saturated carbocycles. The topological polar surface area (TPSA) is 56.1 Å². The fourth-order valence-corrected chi connectivity index (χ4v) is 4.03. The number of imidazole rings is 1. The normalized spacial score (nSPS) is 10.9. The Bertz CT molecular complexity index is 1150. The number of hydrogen-bond donors (Lipinski definition) is 0. The maximum Gasteiger partial charge on any atom is 0.232 e. The minimum atomic E-state index is -0.0214. The molecule has 0 aliphatic heterocycles. The summed E-state index contributed by atoms with van der Waals surface area (Å²) in [4.78, 5) is 20.1. The van der Waals surface area contributed by atoms with Gasteiger partial charge in [-0.25, -0.2) is 4.98 Å². The minimum Gasteiger partial charge on any atom is -0.493 e. The number of rotatable bonds is 6. The van der Waals surface area contributed by atoms with E-state index in [9.17, 15) is 4.79 Å². The Morgan fingerprint density at radius 1 is 1.10 bits per heavy atom. The van der Waals surface area contributed by atoms with Gasteiger partial charge in [0, 0.05) is 41.6 Å².